The molecule has 6 unspecified atom stereocenters. The molecule has 0 aromatic rings. The van der Waals surface area contributed by atoms with Gasteiger partial charge in [0.2, 0.25) is 0 Å². The van der Waals surface area contributed by atoms with Crippen LogP contribution in [0.1, 0.15) is 19.3 Å². The normalized spacial score (nSPS) is 27.9. The zero-order chi connectivity index (χ0) is 42.1. The van der Waals surface area contributed by atoms with Crippen molar-refractivity contribution in [3.05, 3.63) is 0 Å². The van der Waals surface area contributed by atoms with Gasteiger partial charge in [-0.05, 0) is 127 Å². The number of nitrogens with zero attached hydrogens (tertiary/aromatic N) is 13. The lowest BCUT2D eigenvalue weighted by Crippen LogP contribution is -2.61. The van der Waals surface area contributed by atoms with Crippen molar-refractivity contribution in [2.45, 2.75) is 53.6 Å². The molecule has 13 nitrogen and oxygen atoms in total. The third-order valence-corrected chi connectivity index (χ3v) is 25.5. The van der Waals surface area contributed by atoms with Gasteiger partial charge in [0.05, 0.1) is 18.1 Å². The second-order valence-corrected chi connectivity index (χ2v) is 26.5. The highest BCUT2D eigenvalue weighted by atomic mass is 31.2. The summed E-state index contributed by atoms with van der Waals surface area (Å²) in [6.45, 7) is 0. The Morgan fingerprint density at radius 1 is 0.426 bits per heavy atom. The summed E-state index contributed by atoms with van der Waals surface area (Å²) in [4.78, 5) is 22.1. The average Bonchev–Trinajstić information content (AvgIpc) is 3.69. The monoisotopic (exact) mass is 853 g/mol. The maximum Gasteiger partial charge on any atom is 0.673 e. The molecule has 3 aliphatic heterocycles. The summed E-state index contributed by atoms with van der Waals surface area (Å²) in [6.07, 6.45) is 6.55. The van der Waals surface area contributed by atoms with Crippen molar-refractivity contribution in [3.8, 4) is 0 Å². The Morgan fingerprint density at radius 3 is 0.741 bits per heavy atom. The van der Waals surface area contributed by atoms with Crippen molar-refractivity contribution in [2.24, 2.45) is 13.5 Å². The number of rotatable bonds is 13. The molecule has 0 N–H and O–H groups in total. The first kappa shape index (κ1) is 50.3. The molecule has 3 aliphatic rings. The maximum absolute atomic E-state index is 9.75. The van der Waals surface area contributed by atoms with Gasteiger partial charge in [-0.1, -0.05) is 0 Å². The largest absolute Gasteiger partial charge is 0.673 e. The summed E-state index contributed by atoms with van der Waals surface area (Å²) in [7, 11) is 33.6. The number of likely N-dealkylation sites (N-methyl/N-ethyl adjacent to an activating group) is 9. The van der Waals surface area contributed by atoms with E-state index in [9.17, 15) is 17.3 Å². The molecule has 0 spiro atoms. The molecular weight excluding hydrogens is 777 g/mol. The van der Waals surface area contributed by atoms with E-state index in [0.717, 1.165) is 37.7 Å². The first-order chi connectivity index (χ1) is 24.5. The van der Waals surface area contributed by atoms with Gasteiger partial charge in [-0.3, -0.25) is 44.1 Å². The number of hydrogen-bond acceptors (Lipinski definition) is 13. The average molecular weight is 853 g/mol. The van der Waals surface area contributed by atoms with Crippen molar-refractivity contribution in [1.29, 1.82) is 0 Å². The molecule has 3 rings (SSSR count). The molecule has 0 saturated carbocycles. The Balaban J connectivity index is 0.00000188. The standard InChI is InChI=1S/C32H75N13P4.BF4/c1-36(2)27-21-24-46(30(27,39(7)8)40(9)10)33-49(45(19)20,34-47-25-22-28(37(3)4)31(47,41(11)12)42(13)14)35-48-26-23-29(38(5)6)32(48,43(15)16)44(17)18;2-1(3,4)5/h27-29H,21-26H2,1-20H3;/q+4;-1. The molecule has 0 bridgehead atoms. The summed E-state index contributed by atoms with van der Waals surface area (Å²) < 4.78 is 60.2. The van der Waals surface area contributed by atoms with Crippen LogP contribution in [0.15, 0.2) is 13.5 Å². The molecular formula is C32H75BF4N13P4+3. The predicted molar refractivity (Wildman–Crippen MR) is 230 cm³/mol. The first-order valence-electron chi connectivity index (χ1n) is 18.5. The predicted octanol–water partition coefficient (Wildman–Crippen LogP) is 5.85. The van der Waals surface area contributed by atoms with E-state index in [0.29, 0.717) is 18.1 Å². The van der Waals surface area contributed by atoms with Crippen LogP contribution in [0.25, 0.3) is 0 Å². The van der Waals surface area contributed by atoms with E-state index in [1.165, 1.54) is 0 Å². The molecule has 3 saturated heterocycles. The Labute approximate surface area is 330 Å². The second-order valence-electron chi connectivity index (χ2n) is 16.7. The lowest BCUT2D eigenvalue weighted by atomic mass is 10.1. The highest BCUT2D eigenvalue weighted by Crippen LogP contribution is 2.79. The van der Waals surface area contributed by atoms with Crippen LogP contribution in [-0.4, -0.2) is 250 Å². The van der Waals surface area contributed by atoms with E-state index >= 15 is 0 Å². The van der Waals surface area contributed by atoms with Crippen molar-refractivity contribution in [3.63, 3.8) is 0 Å². The van der Waals surface area contributed by atoms with Crippen molar-refractivity contribution in [1.82, 2.24) is 48.8 Å². The third-order valence-electron chi connectivity index (χ3n) is 11.4. The van der Waals surface area contributed by atoms with Gasteiger partial charge in [0.15, 0.2) is 0 Å². The van der Waals surface area contributed by atoms with E-state index in [1.807, 2.05) is 0 Å². The van der Waals surface area contributed by atoms with Crippen LogP contribution >= 0.6 is 31.0 Å². The summed E-state index contributed by atoms with van der Waals surface area (Å²) >= 11 is 0. The topological polar surface area (TPSA) is 69.5 Å². The first-order valence-corrected chi connectivity index (χ1v) is 24.6. The molecule has 316 valence electrons. The molecule has 0 amide bonds. The fourth-order valence-electron chi connectivity index (χ4n) is 9.57. The molecule has 3 heterocycles. The quantitative estimate of drug-likeness (QED) is 0.0977. The fraction of sp³-hybridized carbons (Fsp3) is 1.00. The molecule has 0 aromatic carbocycles. The summed E-state index contributed by atoms with van der Waals surface area (Å²) in [5, 5.41) is -0.679. The Bertz CT molecular complexity index is 1170. The molecule has 0 aromatic heterocycles. The minimum Gasteiger partial charge on any atom is -0.418 e. The lowest BCUT2D eigenvalue weighted by molar-refractivity contribution is 0.0193. The van der Waals surface area contributed by atoms with Gasteiger partial charge < -0.3 is 17.3 Å². The van der Waals surface area contributed by atoms with E-state index in [2.05, 4.69) is 190 Å². The van der Waals surface area contributed by atoms with Crippen molar-refractivity contribution in [2.75, 3.05) is 159 Å². The smallest absolute Gasteiger partial charge is 0.418 e. The highest BCUT2D eigenvalue weighted by molar-refractivity contribution is 7.81. The summed E-state index contributed by atoms with van der Waals surface area (Å²) in [5.41, 5.74) is 0. The van der Waals surface area contributed by atoms with Gasteiger partial charge in [-0.15, -0.1) is 4.67 Å². The van der Waals surface area contributed by atoms with E-state index in [4.69, 9.17) is 13.5 Å². The van der Waals surface area contributed by atoms with Crippen LogP contribution in [0.5, 0.6) is 0 Å². The third kappa shape index (κ3) is 9.44. The maximum atomic E-state index is 9.75. The Kier molecular flexibility index (Phi) is 17.7. The zero-order valence-corrected chi connectivity index (χ0v) is 40.7. The van der Waals surface area contributed by atoms with Gasteiger partial charge in [0, 0.05) is 33.4 Å². The second kappa shape index (κ2) is 19.0. The van der Waals surface area contributed by atoms with Crippen LogP contribution in [0.3, 0.4) is 0 Å². The van der Waals surface area contributed by atoms with E-state index in [1.54, 1.807) is 0 Å². The molecule has 0 radical (unpaired) electrons. The fourth-order valence-corrected chi connectivity index (χ4v) is 26.4. The van der Waals surface area contributed by atoms with Gasteiger partial charge >= 0.3 is 15.1 Å². The SMILES string of the molecule is CN(C)C1CC[P+](=N[P+](N=[P+]2CCC(N(C)C)C2(N(C)C)N(C)C)(N=[P+]2CCC(N(C)C)C2(N(C)C)N(C)C)N(C)C)C1(N(C)C)N(C)C.F[B-](F)(F)F. The lowest BCUT2D eigenvalue weighted by Gasteiger charge is -2.42. The van der Waals surface area contributed by atoms with Crippen LogP contribution in [0, 0.1) is 0 Å². The van der Waals surface area contributed by atoms with Crippen LogP contribution in [-0.2, 0) is 0 Å². The van der Waals surface area contributed by atoms with Gasteiger partial charge in [-0.2, -0.15) is 0 Å². The number of hydrogen-bond donors (Lipinski definition) is 0. The van der Waals surface area contributed by atoms with Crippen LogP contribution in [0.2, 0.25) is 0 Å². The summed E-state index contributed by atoms with van der Waals surface area (Å²) in [6, 6.07) is 1.06. The molecule has 54 heavy (non-hydrogen) atoms. The van der Waals surface area contributed by atoms with Crippen molar-refractivity contribution < 1.29 is 17.3 Å². The van der Waals surface area contributed by atoms with Gasteiger partial charge in [0.25, 0.3) is 39.4 Å². The van der Waals surface area contributed by atoms with E-state index < -0.39 is 38.3 Å². The molecule has 22 heteroatoms. The van der Waals surface area contributed by atoms with E-state index in [-0.39, 0.29) is 16.2 Å². The molecule has 6 atom stereocenters. The minimum absolute atomic E-state index is 0.226. The van der Waals surface area contributed by atoms with Crippen molar-refractivity contribution >= 4 is 38.3 Å². The molecule has 0 aliphatic carbocycles. The van der Waals surface area contributed by atoms with Gasteiger partial charge in [0.1, 0.15) is 32.0 Å². The van der Waals surface area contributed by atoms with Gasteiger partial charge in [-0.25, -0.2) is 0 Å². The summed E-state index contributed by atoms with van der Waals surface area (Å²) in [5.74, 6) is 0. The molecule has 3 fully saturated rings. The zero-order valence-electron chi connectivity index (χ0n) is 37.2. The van der Waals surface area contributed by atoms with Crippen LogP contribution in [0.4, 0.5) is 17.3 Å². The van der Waals surface area contributed by atoms with Crippen LogP contribution < -0.4 is 0 Å². The Morgan fingerprint density at radius 2 is 0.611 bits per heavy atom. The number of halogens is 4. The highest BCUT2D eigenvalue weighted by Gasteiger charge is 2.73. The minimum atomic E-state index is -6.00. The Hall–Kier alpha value is 0.115.